The smallest absolute Gasteiger partial charge is 0.231 e. The van der Waals surface area contributed by atoms with Crippen molar-refractivity contribution in [3.8, 4) is 17.6 Å². The van der Waals surface area contributed by atoms with Crippen molar-refractivity contribution in [3.05, 3.63) is 65.2 Å². The fraction of sp³-hybridized carbons (Fsp3) is 0.286. The highest BCUT2D eigenvalue weighted by atomic mass is 32.2. The lowest BCUT2D eigenvalue weighted by molar-refractivity contribution is -0.917. The number of benzene rings is 2. The van der Waals surface area contributed by atoms with Crippen LogP contribution in [0, 0.1) is 11.3 Å². The first-order valence-electron chi connectivity index (χ1n) is 9.44. The average molecular weight is 412 g/mol. The molecule has 0 aromatic heterocycles. The van der Waals surface area contributed by atoms with Crippen LogP contribution in [-0.2, 0) is 16.4 Å². The summed E-state index contributed by atoms with van der Waals surface area (Å²) in [6.45, 7) is 4.22. The molecule has 8 heteroatoms. The van der Waals surface area contributed by atoms with Crippen molar-refractivity contribution in [2.75, 3.05) is 33.0 Å². The van der Waals surface area contributed by atoms with E-state index in [1.165, 1.54) is 28.8 Å². The van der Waals surface area contributed by atoms with Gasteiger partial charge in [0.1, 0.15) is 12.6 Å². The first kappa shape index (κ1) is 19.3. The van der Waals surface area contributed by atoms with Gasteiger partial charge in [0.15, 0.2) is 16.4 Å². The Morgan fingerprint density at radius 2 is 1.83 bits per heavy atom. The summed E-state index contributed by atoms with van der Waals surface area (Å²) < 4.78 is 36.2. The molecule has 0 atom stereocenters. The number of nitrogens with zero attached hydrogens (tertiary/aromatic N) is 2. The van der Waals surface area contributed by atoms with Gasteiger partial charge in [0.2, 0.25) is 16.6 Å². The Morgan fingerprint density at radius 3 is 2.55 bits per heavy atom. The SMILES string of the molecule is N#C/C(=C\N1CC[NH+](Cc2ccc3c(c2)OCO3)CC1)S(=O)(=O)c1ccccc1. The van der Waals surface area contributed by atoms with E-state index in [-0.39, 0.29) is 16.6 Å². The molecule has 150 valence electrons. The minimum absolute atomic E-state index is 0.139. The fourth-order valence-corrected chi connectivity index (χ4v) is 4.71. The largest absolute Gasteiger partial charge is 0.454 e. The summed E-state index contributed by atoms with van der Waals surface area (Å²) in [4.78, 5) is 3.24. The van der Waals surface area contributed by atoms with Crippen molar-refractivity contribution < 1.29 is 22.8 Å². The van der Waals surface area contributed by atoms with Gasteiger partial charge in [0, 0.05) is 11.8 Å². The van der Waals surface area contributed by atoms with Gasteiger partial charge in [0.25, 0.3) is 0 Å². The van der Waals surface area contributed by atoms with Gasteiger partial charge in [-0.25, -0.2) is 8.42 Å². The van der Waals surface area contributed by atoms with Crippen molar-refractivity contribution in [3.63, 3.8) is 0 Å². The fourth-order valence-electron chi connectivity index (χ4n) is 3.54. The maximum atomic E-state index is 12.7. The Balaban J connectivity index is 1.39. The molecular weight excluding hydrogens is 390 g/mol. The van der Waals surface area contributed by atoms with Crippen LogP contribution in [0.3, 0.4) is 0 Å². The molecule has 0 bridgehead atoms. The summed E-state index contributed by atoms with van der Waals surface area (Å²) in [5.41, 5.74) is 1.18. The lowest BCUT2D eigenvalue weighted by Crippen LogP contribution is -3.13. The molecule has 4 rings (SSSR count). The summed E-state index contributed by atoms with van der Waals surface area (Å²) in [5, 5.41) is 9.43. The maximum absolute atomic E-state index is 12.7. The molecule has 0 unspecified atom stereocenters. The Labute approximate surface area is 170 Å². The van der Waals surface area contributed by atoms with Gasteiger partial charge in [-0.1, -0.05) is 18.2 Å². The number of hydrogen-bond acceptors (Lipinski definition) is 6. The second kappa shape index (κ2) is 8.15. The number of nitriles is 1. The summed E-state index contributed by atoms with van der Waals surface area (Å²) in [6, 6.07) is 15.9. The Bertz CT molecular complexity index is 1050. The number of quaternary nitrogens is 1. The molecule has 7 nitrogen and oxygen atoms in total. The number of allylic oxidation sites excluding steroid dienone is 1. The van der Waals surface area contributed by atoms with Crippen molar-refractivity contribution in [1.29, 1.82) is 5.26 Å². The second-order valence-corrected chi connectivity index (χ2v) is 8.99. The van der Waals surface area contributed by atoms with Crippen LogP contribution in [0.5, 0.6) is 11.5 Å². The van der Waals surface area contributed by atoms with Gasteiger partial charge in [-0.2, -0.15) is 5.26 Å². The number of hydrogen-bond donors (Lipinski definition) is 1. The predicted molar refractivity (Wildman–Crippen MR) is 106 cm³/mol. The molecule has 1 N–H and O–H groups in total. The topological polar surface area (TPSA) is 84.1 Å². The third-order valence-electron chi connectivity index (χ3n) is 5.15. The van der Waals surface area contributed by atoms with E-state index >= 15 is 0 Å². The molecule has 0 spiro atoms. The van der Waals surface area contributed by atoms with Crippen LogP contribution in [-0.4, -0.2) is 46.3 Å². The van der Waals surface area contributed by atoms with Crippen LogP contribution in [0.4, 0.5) is 0 Å². The van der Waals surface area contributed by atoms with Gasteiger partial charge in [0.05, 0.1) is 31.1 Å². The molecular formula is C21H22N3O4S+. The van der Waals surface area contributed by atoms with Crippen molar-refractivity contribution in [1.82, 2.24) is 4.90 Å². The molecule has 2 aliphatic rings. The number of rotatable bonds is 5. The molecule has 1 fully saturated rings. The summed E-state index contributed by atoms with van der Waals surface area (Å²) in [6.07, 6.45) is 1.49. The van der Waals surface area contributed by atoms with Gasteiger partial charge < -0.3 is 19.3 Å². The van der Waals surface area contributed by atoms with Crippen LogP contribution in [0.1, 0.15) is 5.56 Å². The normalized spacial score (nSPS) is 17.2. The van der Waals surface area contributed by atoms with Crippen molar-refractivity contribution >= 4 is 9.84 Å². The quantitative estimate of drug-likeness (QED) is 0.737. The monoisotopic (exact) mass is 412 g/mol. The van der Waals surface area contributed by atoms with Gasteiger partial charge >= 0.3 is 0 Å². The molecule has 0 aliphatic carbocycles. The molecule has 0 saturated carbocycles. The van der Waals surface area contributed by atoms with E-state index < -0.39 is 9.84 Å². The first-order chi connectivity index (χ1) is 14.1. The van der Waals surface area contributed by atoms with Gasteiger partial charge in [-0.05, 0) is 30.3 Å². The van der Waals surface area contributed by atoms with E-state index in [0.717, 1.165) is 31.1 Å². The maximum Gasteiger partial charge on any atom is 0.231 e. The number of ether oxygens (including phenoxy) is 2. The molecule has 0 amide bonds. The zero-order valence-corrected chi connectivity index (χ0v) is 16.7. The number of fused-ring (bicyclic) bond motifs is 1. The third kappa shape index (κ3) is 4.21. The standard InChI is InChI=1S/C21H21N3O4S/c22-13-19(29(25,26)18-4-2-1-3-5-18)15-24-10-8-23(9-11-24)14-17-6-7-20-21(12-17)28-16-27-20/h1-7,12,15H,8-11,14,16H2/p+1/b19-15+. The Morgan fingerprint density at radius 1 is 1.10 bits per heavy atom. The zero-order chi connectivity index (χ0) is 20.3. The lowest BCUT2D eigenvalue weighted by Gasteiger charge is -2.31. The van der Waals surface area contributed by atoms with E-state index in [2.05, 4.69) is 0 Å². The van der Waals surface area contributed by atoms with Crippen LogP contribution in [0.25, 0.3) is 0 Å². The van der Waals surface area contributed by atoms with E-state index in [4.69, 9.17) is 9.47 Å². The summed E-state index contributed by atoms with van der Waals surface area (Å²) >= 11 is 0. The number of sulfone groups is 1. The molecule has 2 aromatic rings. The van der Waals surface area contributed by atoms with E-state index in [9.17, 15) is 13.7 Å². The van der Waals surface area contributed by atoms with E-state index in [1.54, 1.807) is 18.2 Å². The highest BCUT2D eigenvalue weighted by Crippen LogP contribution is 2.32. The Hall–Kier alpha value is -3.02. The zero-order valence-electron chi connectivity index (χ0n) is 15.9. The second-order valence-electron chi connectivity index (χ2n) is 7.07. The predicted octanol–water partition coefficient (Wildman–Crippen LogP) is 0.955. The average Bonchev–Trinajstić information content (AvgIpc) is 3.21. The minimum atomic E-state index is -3.79. The van der Waals surface area contributed by atoms with E-state index in [1.807, 2.05) is 29.2 Å². The minimum Gasteiger partial charge on any atom is -0.454 e. The van der Waals surface area contributed by atoms with Crippen LogP contribution < -0.4 is 14.4 Å². The molecule has 0 radical (unpaired) electrons. The number of nitrogens with one attached hydrogen (secondary N) is 1. The number of piperazine rings is 1. The van der Waals surface area contributed by atoms with Gasteiger partial charge in [-0.3, -0.25) is 0 Å². The highest BCUT2D eigenvalue weighted by molar-refractivity contribution is 7.95. The molecule has 2 aromatic carbocycles. The highest BCUT2D eigenvalue weighted by Gasteiger charge is 2.24. The van der Waals surface area contributed by atoms with Crippen molar-refractivity contribution in [2.45, 2.75) is 11.4 Å². The molecule has 1 saturated heterocycles. The lowest BCUT2D eigenvalue weighted by atomic mass is 10.1. The molecule has 29 heavy (non-hydrogen) atoms. The van der Waals surface area contributed by atoms with E-state index in [0.29, 0.717) is 13.1 Å². The molecule has 2 aliphatic heterocycles. The van der Waals surface area contributed by atoms with Gasteiger partial charge in [-0.15, -0.1) is 0 Å². The summed E-state index contributed by atoms with van der Waals surface area (Å²) in [5.74, 6) is 1.57. The third-order valence-corrected chi connectivity index (χ3v) is 6.82. The molecule has 2 heterocycles. The first-order valence-corrected chi connectivity index (χ1v) is 10.9. The van der Waals surface area contributed by atoms with Crippen LogP contribution >= 0.6 is 0 Å². The Kier molecular flexibility index (Phi) is 5.43. The summed E-state index contributed by atoms with van der Waals surface area (Å²) in [7, 11) is -3.79. The van der Waals surface area contributed by atoms with Crippen molar-refractivity contribution in [2.24, 2.45) is 0 Å². The van der Waals surface area contributed by atoms with Crippen LogP contribution in [0.2, 0.25) is 0 Å². The van der Waals surface area contributed by atoms with Crippen LogP contribution in [0.15, 0.2) is 64.5 Å².